The molecule has 0 N–H and O–H groups in total. The van der Waals surface area contributed by atoms with E-state index in [0.29, 0.717) is 0 Å². The van der Waals surface area contributed by atoms with Gasteiger partial charge in [0.15, 0.2) is 0 Å². The molecule has 0 fully saturated rings. The average molecular weight is 180 g/mol. The summed E-state index contributed by atoms with van der Waals surface area (Å²) >= 11 is 0. The molecule has 1 unspecified atom stereocenters. The molecule has 0 aliphatic carbocycles. The van der Waals surface area contributed by atoms with Crippen LogP contribution in [-0.4, -0.2) is 15.8 Å². The quantitative estimate of drug-likeness (QED) is 0.555. The van der Waals surface area contributed by atoms with Crippen molar-refractivity contribution >= 4 is 15.4 Å². The molecule has 0 radical (unpaired) electrons. The van der Waals surface area contributed by atoms with Crippen LogP contribution in [0, 0.1) is 6.92 Å². The smallest absolute Gasteiger partial charge is 0.0337 e. The molecule has 64 valence electrons. The fourth-order valence-corrected chi connectivity index (χ4v) is 3.38. The molecule has 1 aliphatic heterocycles. The van der Waals surface area contributed by atoms with E-state index < -0.39 is 9.52 Å². The Morgan fingerprint density at radius 2 is 2.25 bits per heavy atom. The van der Waals surface area contributed by atoms with Gasteiger partial charge in [0, 0.05) is 10.6 Å². The van der Waals surface area contributed by atoms with Gasteiger partial charge in [-0.15, -0.1) is 0 Å². The molecule has 1 atom stereocenters. The van der Waals surface area contributed by atoms with E-state index in [9.17, 15) is 4.21 Å². The molecular formula is C10H12OS. The van der Waals surface area contributed by atoms with E-state index in [0.717, 1.165) is 17.1 Å². The molecule has 0 saturated carbocycles. The molecule has 1 aliphatic rings. The van der Waals surface area contributed by atoms with Gasteiger partial charge in [0.25, 0.3) is 0 Å². The second kappa shape index (κ2) is 2.36. The summed E-state index contributed by atoms with van der Waals surface area (Å²) in [5.74, 6) is 4.50. The van der Waals surface area contributed by atoms with Crippen LogP contribution in [0.3, 0.4) is 0 Å². The summed E-state index contributed by atoms with van der Waals surface area (Å²) in [6.07, 6.45) is 0.930. The maximum absolute atomic E-state index is 11.8. The van der Waals surface area contributed by atoms with Crippen LogP contribution in [0.25, 0.3) is 0 Å². The minimum Gasteiger partial charge on any atom is -0.263 e. The minimum absolute atomic E-state index is 0.728. The maximum atomic E-state index is 11.8. The van der Waals surface area contributed by atoms with E-state index >= 15 is 0 Å². The Kier molecular flexibility index (Phi) is 1.55. The second-order valence-electron chi connectivity index (χ2n) is 3.38. The first-order valence-electron chi connectivity index (χ1n) is 4.04. The predicted octanol–water partition coefficient (Wildman–Crippen LogP) is 1.63. The van der Waals surface area contributed by atoms with Crippen molar-refractivity contribution in [3.8, 4) is 0 Å². The molecule has 2 rings (SSSR count). The monoisotopic (exact) mass is 180 g/mol. The van der Waals surface area contributed by atoms with E-state index in [1.807, 2.05) is 12.1 Å². The van der Waals surface area contributed by atoms with Gasteiger partial charge in [0.2, 0.25) is 0 Å². The zero-order chi connectivity index (χ0) is 8.77. The van der Waals surface area contributed by atoms with Crippen LogP contribution in [0.2, 0.25) is 0 Å². The van der Waals surface area contributed by atoms with Gasteiger partial charge in [-0.2, -0.15) is 0 Å². The van der Waals surface area contributed by atoms with Gasteiger partial charge in [-0.05, 0) is 40.4 Å². The second-order valence-corrected chi connectivity index (χ2v) is 5.85. The van der Waals surface area contributed by atoms with Gasteiger partial charge >= 0.3 is 0 Å². The molecule has 0 aromatic heterocycles. The van der Waals surface area contributed by atoms with E-state index in [1.165, 1.54) is 11.1 Å². The summed E-state index contributed by atoms with van der Waals surface area (Å²) in [4.78, 5) is 0.980. The Balaban J connectivity index is 2.71. The Morgan fingerprint density at radius 3 is 3.00 bits per heavy atom. The standard InChI is InChI=1S/C10H12OS/c1-8-3-4-10-9(7-8)5-6-12(10,2)11/h3-4,7H,2,5-6H2,1H3. The first kappa shape index (κ1) is 7.87. The van der Waals surface area contributed by atoms with Crippen LogP contribution < -0.4 is 0 Å². The Labute approximate surface area is 73.4 Å². The summed E-state index contributed by atoms with van der Waals surface area (Å²) in [5, 5.41) is 0. The van der Waals surface area contributed by atoms with Crippen LogP contribution in [0.5, 0.6) is 0 Å². The molecule has 1 heterocycles. The van der Waals surface area contributed by atoms with Gasteiger partial charge in [0.05, 0.1) is 0 Å². The van der Waals surface area contributed by atoms with Gasteiger partial charge in [-0.1, -0.05) is 17.7 Å². The number of hydrogen-bond donors (Lipinski definition) is 0. The van der Waals surface area contributed by atoms with Crippen molar-refractivity contribution in [2.24, 2.45) is 0 Å². The highest BCUT2D eigenvalue weighted by molar-refractivity contribution is 8.00. The molecule has 0 amide bonds. The summed E-state index contributed by atoms with van der Waals surface area (Å²) in [7, 11) is -1.92. The Bertz CT molecular complexity index is 415. The van der Waals surface area contributed by atoms with Crippen molar-refractivity contribution in [1.29, 1.82) is 0 Å². The van der Waals surface area contributed by atoms with Gasteiger partial charge in [-0.25, -0.2) is 0 Å². The number of aryl methyl sites for hydroxylation is 2. The first-order chi connectivity index (χ1) is 5.59. The normalized spacial score (nSPS) is 27.1. The first-order valence-corrected chi connectivity index (χ1v) is 5.94. The lowest BCUT2D eigenvalue weighted by atomic mass is 10.1. The number of benzene rings is 1. The van der Waals surface area contributed by atoms with Gasteiger partial charge in [-0.3, -0.25) is 4.21 Å². The highest BCUT2D eigenvalue weighted by Gasteiger charge is 2.19. The van der Waals surface area contributed by atoms with Crippen molar-refractivity contribution in [1.82, 2.24) is 0 Å². The number of rotatable bonds is 0. The SMILES string of the molecule is C=S1(=O)CCc2cc(C)ccc21. The average Bonchev–Trinajstić information content (AvgIpc) is 2.27. The lowest BCUT2D eigenvalue weighted by Gasteiger charge is -2.01. The third-order valence-corrected chi connectivity index (χ3v) is 4.38. The number of hydrogen-bond acceptors (Lipinski definition) is 1. The van der Waals surface area contributed by atoms with Crippen LogP contribution in [0.4, 0.5) is 0 Å². The van der Waals surface area contributed by atoms with E-state index in [4.69, 9.17) is 0 Å². The molecule has 1 aromatic rings. The molecule has 0 saturated heterocycles. The largest absolute Gasteiger partial charge is 0.263 e. The third kappa shape index (κ3) is 1.07. The lowest BCUT2D eigenvalue weighted by Crippen LogP contribution is -1.97. The fraction of sp³-hybridized carbons (Fsp3) is 0.300. The van der Waals surface area contributed by atoms with E-state index in [1.54, 1.807) is 0 Å². The summed E-state index contributed by atoms with van der Waals surface area (Å²) in [6.45, 7) is 2.06. The van der Waals surface area contributed by atoms with E-state index in [-0.39, 0.29) is 0 Å². The van der Waals surface area contributed by atoms with Crippen molar-refractivity contribution in [3.63, 3.8) is 0 Å². The van der Waals surface area contributed by atoms with Crippen LogP contribution in [-0.2, 0) is 15.9 Å². The molecule has 12 heavy (non-hydrogen) atoms. The molecule has 1 nitrogen and oxygen atoms in total. The lowest BCUT2D eigenvalue weighted by molar-refractivity contribution is 0.684. The highest BCUT2D eigenvalue weighted by Crippen LogP contribution is 2.26. The summed E-state index contributed by atoms with van der Waals surface area (Å²) in [5.41, 5.74) is 2.47. The van der Waals surface area contributed by atoms with E-state index in [2.05, 4.69) is 18.9 Å². The third-order valence-electron chi connectivity index (χ3n) is 2.32. The molecule has 0 spiro atoms. The predicted molar refractivity (Wildman–Crippen MR) is 53.3 cm³/mol. The molecule has 1 aromatic carbocycles. The number of fused-ring (bicyclic) bond motifs is 1. The van der Waals surface area contributed by atoms with Gasteiger partial charge in [0.1, 0.15) is 0 Å². The fourth-order valence-electron chi connectivity index (χ4n) is 1.65. The Hall–Kier alpha value is -0.760. The Morgan fingerprint density at radius 1 is 1.50 bits per heavy atom. The summed E-state index contributed by atoms with van der Waals surface area (Å²) < 4.78 is 11.8. The molecule has 0 bridgehead atoms. The zero-order valence-corrected chi connectivity index (χ0v) is 7.99. The van der Waals surface area contributed by atoms with Crippen LogP contribution in [0.15, 0.2) is 23.1 Å². The van der Waals surface area contributed by atoms with Crippen molar-refractivity contribution in [2.75, 3.05) is 5.75 Å². The van der Waals surface area contributed by atoms with Crippen LogP contribution in [0.1, 0.15) is 11.1 Å². The van der Waals surface area contributed by atoms with Crippen molar-refractivity contribution in [2.45, 2.75) is 18.2 Å². The minimum atomic E-state index is -1.92. The summed E-state index contributed by atoms with van der Waals surface area (Å²) in [6, 6.07) is 6.09. The van der Waals surface area contributed by atoms with Crippen molar-refractivity contribution in [3.05, 3.63) is 29.3 Å². The van der Waals surface area contributed by atoms with Crippen molar-refractivity contribution < 1.29 is 4.21 Å². The molecular weight excluding hydrogens is 168 g/mol. The topological polar surface area (TPSA) is 17.1 Å². The zero-order valence-electron chi connectivity index (χ0n) is 7.17. The maximum Gasteiger partial charge on any atom is 0.0337 e. The van der Waals surface area contributed by atoms with Gasteiger partial charge < -0.3 is 0 Å². The highest BCUT2D eigenvalue weighted by atomic mass is 32.2. The van der Waals surface area contributed by atoms with Crippen LogP contribution >= 0.6 is 0 Å². The molecule has 2 heteroatoms.